The number of carboxylic acids is 1. The van der Waals surface area contributed by atoms with Gasteiger partial charge in [-0.3, -0.25) is 9.69 Å². The number of carbonyl (C=O) groups is 1. The molecule has 6 rings (SSSR count). The highest BCUT2D eigenvalue weighted by Crippen LogP contribution is 2.37. The zero-order valence-corrected chi connectivity index (χ0v) is 26.3. The van der Waals surface area contributed by atoms with E-state index in [2.05, 4.69) is 31.2 Å². The summed E-state index contributed by atoms with van der Waals surface area (Å²) in [6.07, 6.45) is 2.51. The van der Waals surface area contributed by atoms with Gasteiger partial charge < -0.3 is 24.1 Å². The van der Waals surface area contributed by atoms with E-state index >= 15 is 0 Å². The molecule has 4 aromatic carbocycles. The minimum Gasteiger partial charge on any atom is -0.489 e. The van der Waals surface area contributed by atoms with Crippen LogP contribution in [0.1, 0.15) is 52.6 Å². The summed E-state index contributed by atoms with van der Waals surface area (Å²) in [6, 6.07) is 25.1. The van der Waals surface area contributed by atoms with Crippen LogP contribution in [0.4, 0.5) is 0 Å². The standard InChI is InChI=1S/C38H38N2O6/c1-25-17-31(45-24-30-9-6-10-32(26(30)2)29-12-13-35-37(19-29)44-16-15-43-35)20-36(46-23-28-8-5-7-27(18-28)21-39)33(25)22-40-14-4-3-11-34(40)38(41)42/h5-10,12-13,17-20,34H,3-4,11,14-16,22-24H2,1-2H3,(H,41,42). The number of nitrogens with zero attached hydrogens (tertiary/aromatic N) is 2. The first-order valence-corrected chi connectivity index (χ1v) is 15.7. The van der Waals surface area contributed by atoms with Crippen LogP contribution in [0, 0.1) is 25.2 Å². The molecule has 0 amide bonds. The number of hydrogen-bond acceptors (Lipinski definition) is 7. The van der Waals surface area contributed by atoms with Crippen molar-refractivity contribution in [1.82, 2.24) is 4.90 Å². The van der Waals surface area contributed by atoms with Crippen LogP contribution in [-0.2, 0) is 24.6 Å². The van der Waals surface area contributed by atoms with E-state index in [-0.39, 0.29) is 6.61 Å². The molecule has 236 valence electrons. The Bertz CT molecular complexity index is 1780. The second-order valence-electron chi connectivity index (χ2n) is 11.9. The van der Waals surface area contributed by atoms with Gasteiger partial charge in [0.05, 0.1) is 11.6 Å². The third-order valence-corrected chi connectivity index (χ3v) is 8.81. The number of carboxylic acid groups (broad SMARTS) is 1. The SMILES string of the molecule is Cc1cc(OCc2cccc(-c3ccc4c(c3)OCCO4)c2C)cc(OCc2cccc(C#N)c2)c1CN1CCCCC1C(=O)O. The number of benzene rings is 4. The van der Waals surface area contributed by atoms with Gasteiger partial charge in [0.25, 0.3) is 0 Å². The topological polar surface area (TPSA) is 101 Å². The Labute approximate surface area is 269 Å². The van der Waals surface area contributed by atoms with Crippen molar-refractivity contribution in [3.05, 3.63) is 106 Å². The Kier molecular flexibility index (Phi) is 9.41. The Morgan fingerprint density at radius 3 is 2.61 bits per heavy atom. The molecule has 1 fully saturated rings. The zero-order valence-electron chi connectivity index (χ0n) is 26.3. The maximum atomic E-state index is 12.0. The maximum absolute atomic E-state index is 12.0. The molecule has 46 heavy (non-hydrogen) atoms. The van der Waals surface area contributed by atoms with Crippen molar-refractivity contribution in [1.29, 1.82) is 5.26 Å². The average molecular weight is 619 g/mol. The number of piperidine rings is 1. The third-order valence-electron chi connectivity index (χ3n) is 8.81. The van der Waals surface area contributed by atoms with Gasteiger partial charge in [-0.1, -0.05) is 42.8 Å². The lowest BCUT2D eigenvalue weighted by Gasteiger charge is -2.33. The number of nitriles is 1. The van der Waals surface area contributed by atoms with Crippen molar-refractivity contribution < 1.29 is 28.8 Å². The second-order valence-corrected chi connectivity index (χ2v) is 11.9. The van der Waals surface area contributed by atoms with Crippen molar-refractivity contribution >= 4 is 5.97 Å². The number of aliphatic carboxylic acids is 1. The molecule has 1 N–H and O–H groups in total. The quantitative estimate of drug-likeness (QED) is 0.199. The van der Waals surface area contributed by atoms with Crippen LogP contribution in [-0.4, -0.2) is 41.8 Å². The van der Waals surface area contributed by atoms with Crippen molar-refractivity contribution in [3.8, 4) is 40.2 Å². The van der Waals surface area contributed by atoms with Gasteiger partial charge >= 0.3 is 5.97 Å². The molecule has 0 aliphatic carbocycles. The van der Waals surface area contributed by atoms with Crippen LogP contribution in [0.5, 0.6) is 23.0 Å². The fraction of sp³-hybridized carbons (Fsp3) is 0.316. The fourth-order valence-corrected chi connectivity index (χ4v) is 6.25. The number of fused-ring (bicyclic) bond motifs is 1. The molecule has 2 heterocycles. The number of rotatable bonds is 10. The predicted molar refractivity (Wildman–Crippen MR) is 174 cm³/mol. The molecule has 1 saturated heterocycles. The van der Waals surface area contributed by atoms with Crippen LogP contribution in [0.15, 0.2) is 72.8 Å². The van der Waals surface area contributed by atoms with E-state index in [1.807, 2.05) is 60.4 Å². The van der Waals surface area contributed by atoms with Crippen LogP contribution in [0.25, 0.3) is 11.1 Å². The molecule has 2 aliphatic heterocycles. The van der Waals surface area contributed by atoms with E-state index in [1.54, 1.807) is 6.07 Å². The van der Waals surface area contributed by atoms with Gasteiger partial charge in [0.15, 0.2) is 11.5 Å². The first-order valence-electron chi connectivity index (χ1n) is 15.7. The number of hydrogen-bond donors (Lipinski definition) is 1. The van der Waals surface area contributed by atoms with E-state index in [4.69, 9.17) is 18.9 Å². The van der Waals surface area contributed by atoms with Crippen molar-refractivity contribution in [2.24, 2.45) is 0 Å². The maximum Gasteiger partial charge on any atom is 0.320 e. The van der Waals surface area contributed by atoms with Crippen molar-refractivity contribution in [3.63, 3.8) is 0 Å². The summed E-state index contributed by atoms with van der Waals surface area (Å²) in [5.74, 6) is 2.04. The van der Waals surface area contributed by atoms with Gasteiger partial charge in [-0.05, 0) is 96.9 Å². The average Bonchev–Trinajstić information content (AvgIpc) is 3.08. The smallest absolute Gasteiger partial charge is 0.320 e. The van der Waals surface area contributed by atoms with Crippen LogP contribution < -0.4 is 18.9 Å². The van der Waals surface area contributed by atoms with E-state index < -0.39 is 12.0 Å². The van der Waals surface area contributed by atoms with Crippen molar-refractivity contribution in [2.45, 2.75) is 58.9 Å². The van der Waals surface area contributed by atoms with E-state index in [0.29, 0.717) is 49.8 Å². The molecule has 0 saturated carbocycles. The second kappa shape index (κ2) is 14.0. The molecule has 1 unspecified atom stereocenters. The Morgan fingerprint density at radius 2 is 1.78 bits per heavy atom. The highest BCUT2D eigenvalue weighted by molar-refractivity contribution is 5.73. The highest BCUT2D eigenvalue weighted by Gasteiger charge is 2.29. The molecule has 8 heteroatoms. The lowest BCUT2D eigenvalue weighted by Crippen LogP contribution is -2.44. The lowest BCUT2D eigenvalue weighted by molar-refractivity contribution is -0.144. The number of likely N-dealkylation sites (tertiary alicyclic amines) is 1. The Hall–Kier alpha value is -5.00. The molecule has 1 atom stereocenters. The van der Waals surface area contributed by atoms with Crippen molar-refractivity contribution in [2.75, 3.05) is 19.8 Å². The van der Waals surface area contributed by atoms with Crippen LogP contribution >= 0.6 is 0 Å². The molecule has 2 aliphatic rings. The Morgan fingerprint density at radius 1 is 0.957 bits per heavy atom. The summed E-state index contributed by atoms with van der Waals surface area (Å²) in [5.41, 5.74) is 7.68. The lowest BCUT2D eigenvalue weighted by atomic mass is 9.96. The predicted octanol–water partition coefficient (Wildman–Crippen LogP) is 7.21. The first-order chi connectivity index (χ1) is 22.4. The van der Waals surface area contributed by atoms with Crippen LogP contribution in [0.3, 0.4) is 0 Å². The highest BCUT2D eigenvalue weighted by atomic mass is 16.6. The summed E-state index contributed by atoms with van der Waals surface area (Å²) < 4.78 is 24.3. The molecule has 0 radical (unpaired) electrons. The first kappa shape index (κ1) is 31.0. The molecular formula is C38H38N2O6. The fourth-order valence-electron chi connectivity index (χ4n) is 6.25. The minimum atomic E-state index is -0.790. The minimum absolute atomic E-state index is 0.268. The van der Waals surface area contributed by atoms with Gasteiger partial charge in [0, 0.05) is 18.2 Å². The monoisotopic (exact) mass is 618 g/mol. The van der Waals surface area contributed by atoms with E-state index in [9.17, 15) is 15.2 Å². The molecule has 0 aromatic heterocycles. The molecule has 0 bridgehead atoms. The Balaban J connectivity index is 1.25. The number of aryl methyl sites for hydroxylation is 1. The van der Waals surface area contributed by atoms with Gasteiger partial charge in [-0.15, -0.1) is 0 Å². The van der Waals surface area contributed by atoms with Gasteiger partial charge in [-0.25, -0.2) is 0 Å². The largest absolute Gasteiger partial charge is 0.489 e. The summed E-state index contributed by atoms with van der Waals surface area (Å²) >= 11 is 0. The summed E-state index contributed by atoms with van der Waals surface area (Å²) in [4.78, 5) is 14.1. The third kappa shape index (κ3) is 6.95. The van der Waals surface area contributed by atoms with Crippen LogP contribution in [0.2, 0.25) is 0 Å². The summed E-state index contributed by atoms with van der Waals surface area (Å²) in [6.45, 7) is 7.02. The van der Waals surface area contributed by atoms with Gasteiger partial charge in [0.2, 0.25) is 0 Å². The normalized spacial score (nSPS) is 16.0. The zero-order chi connectivity index (χ0) is 32.0. The molecule has 4 aromatic rings. The summed E-state index contributed by atoms with van der Waals surface area (Å²) in [7, 11) is 0. The molecular weight excluding hydrogens is 580 g/mol. The molecule has 0 spiro atoms. The van der Waals surface area contributed by atoms with Gasteiger partial charge in [0.1, 0.15) is 44.0 Å². The van der Waals surface area contributed by atoms with E-state index in [1.165, 1.54) is 0 Å². The van der Waals surface area contributed by atoms with Gasteiger partial charge in [-0.2, -0.15) is 5.26 Å². The van der Waals surface area contributed by atoms with E-state index in [0.717, 1.165) is 69.8 Å². The molecule has 8 nitrogen and oxygen atoms in total. The summed E-state index contributed by atoms with van der Waals surface area (Å²) in [5, 5.41) is 19.2. The number of ether oxygens (including phenoxy) is 4.